The number of ether oxygens (including phenoxy) is 1. The molecule has 2 aliphatic heterocycles. The Morgan fingerprint density at radius 2 is 1.93 bits per heavy atom. The lowest BCUT2D eigenvalue weighted by atomic mass is 10.0. The minimum absolute atomic E-state index is 0.0470. The van der Waals surface area contributed by atoms with Crippen molar-refractivity contribution in [3.8, 4) is 0 Å². The fraction of sp³-hybridized carbons (Fsp3) is 0.652. The molecule has 7 nitrogen and oxygen atoms in total. The summed E-state index contributed by atoms with van der Waals surface area (Å²) >= 11 is 0. The number of carbonyl (C=O) groups excluding carboxylic acids is 1. The fourth-order valence-corrected chi connectivity index (χ4v) is 4.13. The van der Waals surface area contributed by atoms with E-state index in [1.54, 1.807) is 0 Å². The highest BCUT2D eigenvalue weighted by atomic mass is 16.5. The number of nitrogens with zero attached hydrogens (tertiary/aromatic N) is 3. The second-order valence-electron chi connectivity index (χ2n) is 8.36. The molecule has 30 heavy (non-hydrogen) atoms. The van der Waals surface area contributed by atoms with Gasteiger partial charge in [0.15, 0.2) is 5.96 Å². The third-order valence-corrected chi connectivity index (χ3v) is 5.77. The van der Waals surface area contributed by atoms with Gasteiger partial charge in [-0.25, -0.2) is 0 Å². The van der Waals surface area contributed by atoms with Crippen molar-refractivity contribution in [2.75, 3.05) is 52.5 Å². The number of aliphatic imine (C=N–C) groups is 1. The maximum Gasteiger partial charge on any atom is 0.225 e. The molecule has 7 heteroatoms. The van der Waals surface area contributed by atoms with Crippen LogP contribution < -0.4 is 10.6 Å². The number of hydrogen-bond donors (Lipinski definition) is 2. The topological polar surface area (TPSA) is 69.2 Å². The molecule has 1 amide bonds. The smallest absolute Gasteiger partial charge is 0.225 e. The standard InChI is InChI=1S/C23H37N5O2/c1-4-24-23(26-20-10-11-28(17-20)22(29)18(2)3)25-16-21(19-8-6-5-7-9-19)27-12-14-30-15-13-27/h5-9,18,20-21H,4,10-17H2,1-3H3,(H2,24,25,26). The molecule has 0 aromatic heterocycles. The summed E-state index contributed by atoms with van der Waals surface area (Å²) in [7, 11) is 0. The molecule has 0 radical (unpaired) electrons. The first kappa shape index (κ1) is 22.6. The highest BCUT2D eigenvalue weighted by molar-refractivity contribution is 5.81. The molecule has 0 aliphatic carbocycles. The fourth-order valence-electron chi connectivity index (χ4n) is 4.13. The van der Waals surface area contributed by atoms with E-state index in [4.69, 9.17) is 9.73 Å². The quantitative estimate of drug-likeness (QED) is 0.526. The molecule has 0 bridgehead atoms. The lowest BCUT2D eigenvalue weighted by molar-refractivity contribution is -0.133. The molecule has 2 saturated heterocycles. The van der Waals surface area contributed by atoms with Crippen molar-refractivity contribution in [2.45, 2.75) is 39.3 Å². The van der Waals surface area contributed by atoms with Crippen molar-refractivity contribution < 1.29 is 9.53 Å². The molecule has 2 heterocycles. The Labute approximate surface area is 180 Å². The third kappa shape index (κ3) is 6.19. The van der Waals surface area contributed by atoms with Crippen LogP contribution in [0.1, 0.15) is 38.8 Å². The van der Waals surface area contributed by atoms with Gasteiger partial charge in [0, 0.05) is 44.7 Å². The van der Waals surface area contributed by atoms with Crippen LogP contribution in [0.15, 0.2) is 35.3 Å². The van der Waals surface area contributed by atoms with E-state index < -0.39 is 0 Å². The van der Waals surface area contributed by atoms with Gasteiger partial charge in [0.2, 0.25) is 5.91 Å². The van der Waals surface area contributed by atoms with E-state index in [1.165, 1.54) is 5.56 Å². The van der Waals surface area contributed by atoms with Gasteiger partial charge in [0.25, 0.3) is 0 Å². The molecule has 2 atom stereocenters. The van der Waals surface area contributed by atoms with Gasteiger partial charge in [-0.3, -0.25) is 14.7 Å². The summed E-state index contributed by atoms with van der Waals surface area (Å²) in [6, 6.07) is 11.1. The minimum Gasteiger partial charge on any atom is -0.379 e. The Hall–Kier alpha value is -2.12. The molecular formula is C23H37N5O2. The number of hydrogen-bond acceptors (Lipinski definition) is 4. The molecule has 1 aromatic rings. The van der Waals surface area contributed by atoms with E-state index in [2.05, 4.69) is 52.8 Å². The number of amides is 1. The zero-order valence-corrected chi connectivity index (χ0v) is 18.6. The average Bonchev–Trinajstić information content (AvgIpc) is 3.23. The second kappa shape index (κ2) is 11.3. The molecular weight excluding hydrogens is 378 g/mol. The summed E-state index contributed by atoms with van der Waals surface area (Å²) in [6.45, 7) is 12.4. The maximum atomic E-state index is 12.3. The first-order valence-corrected chi connectivity index (χ1v) is 11.3. The van der Waals surface area contributed by atoms with Crippen LogP contribution in [0.25, 0.3) is 0 Å². The molecule has 0 spiro atoms. The average molecular weight is 416 g/mol. The lowest BCUT2D eigenvalue weighted by Gasteiger charge is -2.34. The van der Waals surface area contributed by atoms with Crippen molar-refractivity contribution in [3.63, 3.8) is 0 Å². The summed E-state index contributed by atoms with van der Waals surface area (Å²) in [5.41, 5.74) is 1.29. The highest BCUT2D eigenvalue weighted by Gasteiger charge is 2.28. The molecule has 0 saturated carbocycles. The van der Waals surface area contributed by atoms with E-state index in [-0.39, 0.29) is 23.9 Å². The SMILES string of the molecule is CCNC(=NCC(c1ccccc1)N1CCOCC1)NC1CCN(C(=O)C(C)C)C1. The van der Waals surface area contributed by atoms with Crippen LogP contribution in [0, 0.1) is 5.92 Å². The van der Waals surface area contributed by atoms with Crippen LogP contribution in [0.5, 0.6) is 0 Å². The Kier molecular flexibility index (Phi) is 8.51. The van der Waals surface area contributed by atoms with Crippen LogP contribution in [-0.4, -0.2) is 80.2 Å². The van der Waals surface area contributed by atoms with E-state index in [0.29, 0.717) is 6.54 Å². The number of morpholine rings is 1. The second-order valence-corrected chi connectivity index (χ2v) is 8.36. The molecule has 166 valence electrons. The van der Waals surface area contributed by atoms with Gasteiger partial charge in [-0.1, -0.05) is 44.2 Å². The van der Waals surface area contributed by atoms with E-state index in [1.807, 2.05) is 18.7 Å². The zero-order valence-electron chi connectivity index (χ0n) is 18.6. The van der Waals surface area contributed by atoms with Crippen LogP contribution in [-0.2, 0) is 9.53 Å². The monoisotopic (exact) mass is 415 g/mol. The number of likely N-dealkylation sites (tertiary alicyclic amines) is 1. The van der Waals surface area contributed by atoms with E-state index in [9.17, 15) is 4.79 Å². The van der Waals surface area contributed by atoms with Crippen molar-refractivity contribution in [1.29, 1.82) is 0 Å². The molecule has 2 unspecified atom stereocenters. The summed E-state index contributed by atoms with van der Waals surface area (Å²) in [5, 5.41) is 6.93. The Bertz CT molecular complexity index is 688. The van der Waals surface area contributed by atoms with Gasteiger partial charge >= 0.3 is 0 Å². The van der Waals surface area contributed by atoms with Crippen LogP contribution in [0.4, 0.5) is 0 Å². The van der Waals surface area contributed by atoms with E-state index in [0.717, 1.165) is 58.3 Å². The first-order valence-electron chi connectivity index (χ1n) is 11.3. The van der Waals surface area contributed by atoms with Crippen molar-refractivity contribution in [3.05, 3.63) is 35.9 Å². The number of benzene rings is 1. The Morgan fingerprint density at radius 1 is 1.20 bits per heavy atom. The molecule has 2 aliphatic rings. The lowest BCUT2D eigenvalue weighted by Crippen LogP contribution is -2.46. The third-order valence-electron chi connectivity index (χ3n) is 5.77. The van der Waals surface area contributed by atoms with E-state index >= 15 is 0 Å². The largest absolute Gasteiger partial charge is 0.379 e. The number of rotatable bonds is 7. The van der Waals surface area contributed by atoms with Gasteiger partial charge in [-0.05, 0) is 18.9 Å². The van der Waals surface area contributed by atoms with Crippen molar-refractivity contribution in [1.82, 2.24) is 20.4 Å². The number of nitrogens with one attached hydrogen (secondary N) is 2. The summed E-state index contributed by atoms with van der Waals surface area (Å²) in [4.78, 5) is 21.7. The Morgan fingerprint density at radius 3 is 2.60 bits per heavy atom. The first-order chi connectivity index (χ1) is 14.6. The van der Waals surface area contributed by atoms with Gasteiger partial charge in [0.05, 0.1) is 25.8 Å². The molecule has 2 fully saturated rings. The summed E-state index contributed by atoms with van der Waals surface area (Å²) in [6.07, 6.45) is 0.953. The summed E-state index contributed by atoms with van der Waals surface area (Å²) in [5.74, 6) is 1.11. The maximum absolute atomic E-state index is 12.3. The predicted octanol–water partition coefficient (Wildman–Crippen LogP) is 1.87. The Balaban J connectivity index is 1.66. The van der Waals surface area contributed by atoms with Crippen LogP contribution >= 0.6 is 0 Å². The van der Waals surface area contributed by atoms with Crippen LogP contribution in [0.3, 0.4) is 0 Å². The number of guanidine groups is 1. The normalized spacial score (nSPS) is 21.7. The molecule has 3 rings (SSSR count). The van der Waals surface area contributed by atoms with Gasteiger partial charge in [0.1, 0.15) is 0 Å². The van der Waals surface area contributed by atoms with Crippen LogP contribution in [0.2, 0.25) is 0 Å². The summed E-state index contributed by atoms with van der Waals surface area (Å²) < 4.78 is 5.55. The molecule has 2 N–H and O–H groups in total. The van der Waals surface area contributed by atoms with Gasteiger partial charge in [-0.15, -0.1) is 0 Å². The molecule has 1 aromatic carbocycles. The highest BCUT2D eigenvalue weighted by Crippen LogP contribution is 2.22. The minimum atomic E-state index is 0.0470. The van der Waals surface area contributed by atoms with Gasteiger partial charge < -0.3 is 20.3 Å². The van der Waals surface area contributed by atoms with Crippen molar-refractivity contribution in [2.24, 2.45) is 10.9 Å². The van der Waals surface area contributed by atoms with Crippen molar-refractivity contribution >= 4 is 11.9 Å². The van der Waals surface area contributed by atoms with Gasteiger partial charge in [-0.2, -0.15) is 0 Å². The zero-order chi connectivity index (χ0) is 21.3. The number of carbonyl (C=O) groups is 1. The predicted molar refractivity (Wildman–Crippen MR) is 121 cm³/mol.